The van der Waals surface area contributed by atoms with Crippen molar-refractivity contribution in [2.45, 2.75) is 12.5 Å². The fourth-order valence-corrected chi connectivity index (χ4v) is 5.88. The number of hydrogen-bond donors (Lipinski definition) is 2. The molecule has 1 saturated heterocycles. The van der Waals surface area contributed by atoms with Crippen molar-refractivity contribution >= 4 is 23.5 Å². The van der Waals surface area contributed by atoms with Gasteiger partial charge in [0.25, 0.3) is 0 Å². The topological polar surface area (TPSA) is 131 Å². The number of carbonyl (C=O) groups is 1. The van der Waals surface area contributed by atoms with Crippen LogP contribution in [0.5, 0.6) is 28.7 Å². The number of likely N-dealkylation sites (N-methyl/N-ethyl adjacent to an activating group) is 1. The van der Waals surface area contributed by atoms with Crippen molar-refractivity contribution in [2.24, 2.45) is 0 Å². The van der Waals surface area contributed by atoms with Crippen LogP contribution in [0.3, 0.4) is 0 Å². The lowest BCUT2D eigenvalue weighted by Crippen LogP contribution is -2.44. The Balaban J connectivity index is 1.42. The molecule has 1 amide bonds. The van der Waals surface area contributed by atoms with Crippen molar-refractivity contribution in [2.75, 3.05) is 85.0 Å². The van der Waals surface area contributed by atoms with E-state index in [1.165, 1.54) is 46.8 Å². The highest BCUT2D eigenvalue weighted by atomic mass is 19.1. The van der Waals surface area contributed by atoms with E-state index < -0.39 is 18.0 Å². The Labute approximate surface area is 291 Å². The predicted octanol–water partition coefficient (Wildman–Crippen LogP) is 5.68. The molecule has 2 heterocycles. The van der Waals surface area contributed by atoms with Crippen LogP contribution in [0, 0.1) is 5.82 Å². The van der Waals surface area contributed by atoms with Crippen LogP contribution in [-0.2, 0) is 0 Å². The summed E-state index contributed by atoms with van der Waals surface area (Å²) >= 11 is 0. The lowest BCUT2D eigenvalue weighted by atomic mass is 9.94. The Bertz CT molecular complexity index is 1730. The van der Waals surface area contributed by atoms with Gasteiger partial charge in [0.15, 0.2) is 11.6 Å². The number of carboxylic acid groups (broad SMARTS) is 1. The number of halogens is 1. The summed E-state index contributed by atoms with van der Waals surface area (Å²) in [5.74, 6) is 1.24. The minimum atomic E-state index is -1.34. The lowest BCUT2D eigenvalue weighted by Gasteiger charge is -2.32. The first-order valence-corrected chi connectivity index (χ1v) is 16.1. The standard InChI is InChI=1S/C36H43FN6O7/c1-41-17-19-42(20-18-41)16-7-21-50-29-12-10-24(22-27(29)37)39-35-38-15-14-32(40-35)43(36(44)45)34(26-23-25(46-2)11-13-28(26)47-3)33-30(48-4)8-6-9-31(33)49-5/h6,8-15,22-23,34H,7,16-21H2,1-5H3,(H,44,45)(H,38,39,40). The Morgan fingerprint density at radius 1 is 0.920 bits per heavy atom. The second-order valence-electron chi connectivity index (χ2n) is 11.6. The Kier molecular flexibility index (Phi) is 12.1. The second-order valence-corrected chi connectivity index (χ2v) is 11.6. The van der Waals surface area contributed by atoms with Crippen LogP contribution in [-0.4, -0.2) is 106 Å². The van der Waals surface area contributed by atoms with Crippen LogP contribution in [0.25, 0.3) is 0 Å². The molecule has 0 spiro atoms. The summed E-state index contributed by atoms with van der Waals surface area (Å²) in [4.78, 5) is 27.8. The van der Waals surface area contributed by atoms with Gasteiger partial charge in [-0.2, -0.15) is 4.98 Å². The molecule has 0 saturated carbocycles. The van der Waals surface area contributed by atoms with Gasteiger partial charge >= 0.3 is 6.09 Å². The maximum atomic E-state index is 15.1. The van der Waals surface area contributed by atoms with Gasteiger partial charge in [-0.25, -0.2) is 19.1 Å². The number of ether oxygens (including phenoxy) is 5. The molecule has 1 atom stereocenters. The molecule has 3 aromatic carbocycles. The average Bonchev–Trinajstić information content (AvgIpc) is 3.13. The first kappa shape index (κ1) is 36.0. The zero-order valence-corrected chi connectivity index (χ0v) is 28.9. The van der Waals surface area contributed by atoms with E-state index in [-0.39, 0.29) is 17.5 Å². The van der Waals surface area contributed by atoms with E-state index in [0.29, 0.717) is 46.4 Å². The van der Waals surface area contributed by atoms with Gasteiger partial charge in [-0.3, -0.25) is 0 Å². The van der Waals surface area contributed by atoms with Crippen LogP contribution in [0.4, 0.5) is 26.6 Å². The van der Waals surface area contributed by atoms with Crippen molar-refractivity contribution < 1.29 is 38.0 Å². The van der Waals surface area contributed by atoms with Gasteiger partial charge in [-0.05, 0) is 62.0 Å². The van der Waals surface area contributed by atoms with Gasteiger partial charge in [0.1, 0.15) is 34.9 Å². The molecule has 4 aromatic rings. The van der Waals surface area contributed by atoms with Crippen LogP contribution < -0.4 is 33.9 Å². The minimum absolute atomic E-state index is 0.0126. The van der Waals surface area contributed by atoms with Gasteiger partial charge < -0.3 is 43.9 Å². The van der Waals surface area contributed by atoms with Gasteiger partial charge in [0.2, 0.25) is 5.95 Å². The van der Waals surface area contributed by atoms with E-state index in [2.05, 4.69) is 32.1 Å². The highest BCUT2D eigenvalue weighted by molar-refractivity contribution is 5.88. The summed E-state index contributed by atoms with van der Waals surface area (Å²) in [7, 11) is 8.09. The molecule has 1 unspecified atom stereocenters. The van der Waals surface area contributed by atoms with Crippen LogP contribution in [0.1, 0.15) is 23.6 Å². The second kappa shape index (κ2) is 16.9. The third-order valence-corrected chi connectivity index (χ3v) is 8.48. The van der Waals surface area contributed by atoms with Crippen molar-refractivity contribution in [3.63, 3.8) is 0 Å². The number of hydrogen-bond acceptors (Lipinski definition) is 11. The lowest BCUT2D eigenvalue weighted by molar-refractivity contribution is 0.145. The van der Waals surface area contributed by atoms with E-state index >= 15 is 4.39 Å². The largest absolute Gasteiger partial charge is 0.497 e. The van der Waals surface area contributed by atoms with Gasteiger partial charge in [-0.1, -0.05) is 6.07 Å². The number of nitrogens with one attached hydrogen (secondary N) is 1. The predicted molar refractivity (Wildman–Crippen MR) is 187 cm³/mol. The van der Waals surface area contributed by atoms with Gasteiger partial charge in [-0.15, -0.1) is 0 Å². The molecule has 14 heteroatoms. The van der Waals surface area contributed by atoms with Crippen LogP contribution in [0.15, 0.2) is 66.9 Å². The number of rotatable bonds is 15. The summed E-state index contributed by atoms with van der Waals surface area (Å²) in [6.45, 7) is 5.40. The fourth-order valence-electron chi connectivity index (χ4n) is 5.88. The molecule has 1 aliphatic rings. The Morgan fingerprint density at radius 2 is 1.62 bits per heavy atom. The highest BCUT2D eigenvalue weighted by Gasteiger charge is 2.36. The monoisotopic (exact) mass is 690 g/mol. The number of piperazine rings is 1. The minimum Gasteiger partial charge on any atom is -0.497 e. The zero-order valence-electron chi connectivity index (χ0n) is 28.9. The van der Waals surface area contributed by atoms with Gasteiger partial charge in [0, 0.05) is 56.2 Å². The molecule has 1 fully saturated rings. The summed E-state index contributed by atoms with van der Waals surface area (Å²) in [6, 6.07) is 15.1. The molecule has 13 nitrogen and oxygen atoms in total. The number of nitrogens with zero attached hydrogens (tertiary/aromatic N) is 5. The number of amides is 1. The SMILES string of the molecule is COc1ccc(OC)c(C(c2c(OC)cccc2OC)N(C(=O)O)c2ccnc(Nc3ccc(OCCCN4CCN(C)CC4)c(F)c3)n2)c1. The third kappa shape index (κ3) is 8.44. The first-order valence-electron chi connectivity index (χ1n) is 16.1. The van der Waals surface area contributed by atoms with Crippen LogP contribution >= 0.6 is 0 Å². The normalized spacial score (nSPS) is 14.0. The quantitative estimate of drug-likeness (QED) is 0.149. The number of anilines is 3. The summed E-state index contributed by atoms with van der Waals surface area (Å²) in [5.41, 5.74) is 1.19. The molecule has 0 radical (unpaired) electrons. The molecule has 50 heavy (non-hydrogen) atoms. The molecular weight excluding hydrogens is 647 g/mol. The molecule has 0 aliphatic carbocycles. The van der Waals surface area contributed by atoms with Gasteiger partial charge in [0.05, 0.1) is 40.6 Å². The fraction of sp³-hybridized carbons (Fsp3) is 0.361. The van der Waals surface area contributed by atoms with E-state index in [1.807, 2.05) is 0 Å². The molecule has 266 valence electrons. The number of aromatic nitrogens is 2. The molecule has 2 N–H and O–H groups in total. The smallest absolute Gasteiger partial charge is 0.413 e. The Hall–Kier alpha value is -5.34. The summed E-state index contributed by atoms with van der Waals surface area (Å²) in [5, 5.41) is 13.8. The van der Waals surface area contributed by atoms with Crippen LogP contribution in [0.2, 0.25) is 0 Å². The van der Waals surface area contributed by atoms with E-state index in [9.17, 15) is 9.90 Å². The van der Waals surface area contributed by atoms with E-state index in [1.54, 1.807) is 48.5 Å². The number of methoxy groups -OCH3 is 4. The summed E-state index contributed by atoms with van der Waals surface area (Å²) in [6.07, 6.45) is 0.860. The molecule has 0 bridgehead atoms. The Morgan fingerprint density at radius 3 is 2.26 bits per heavy atom. The van der Waals surface area contributed by atoms with E-state index in [0.717, 1.165) is 44.0 Å². The first-order chi connectivity index (χ1) is 24.3. The maximum Gasteiger partial charge on any atom is 0.413 e. The van der Waals surface area contributed by atoms with Crippen molar-refractivity contribution in [3.05, 3.63) is 83.8 Å². The highest BCUT2D eigenvalue weighted by Crippen LogP contribution is 2.46. The molecule has 1 aromatic heterocycles. The number of benzene rings is 3. The third-order valence-electron chi connectivity index (χ3n) is 8.48. The average molecular weight is 691 g/mol. The maximum absolute atomic E-state index is 15.1. The van der Waals surface area contributed by atoms with Crippen molar-refractivity contribution in [3.8, 4) is 28.7 Å². The zero-order chi connectivity index (χ0) is 35.6. The van der Waals surface area contributed by atoms with Crippen molar-refractivity contribution in [1.82, 2.24) is 19.8 Å². The summed E-state index contributed by atoms with van der Waals surface area (Å²) < 4.78 is 43.4. The van der Waals surface area contributed by atoms with E-state index in [4.69, 9.17) is 23.7 Å². The molecule has 1 aliphatic heterocycles. The molecule has 5 rings (SSSR count). The van der Waals surface area contributed by atoms with Crippen molar-refractivity contribution in [1.29, 1.82) is 0 Å². The molecular formula is C36H43FN6O7.